The molecule has 1 fully saturated rings. The second kappa shape index (κ2) is 7.48. The fourth-order valence-electron chi connectivity index (χ4n) is 4.18. The Kier molecular flexibility index (Phi) is 5.30. The van der Waals surface area contributed by atoms with Gasteiger partial charge >= 0.3 is 0 Å². The standard InChI is InChI=1S/C22H27NO3/c1-13-5-6-16(11-20-15(3)21(24)12-19(13)20)14(2)22(25)23-17-7-9-18(26-4)10-8-17/h7-10,13,16,19H,2,5-6,11-12H2,1,3-4H3,(H,23,25)/t13?,16-,19?/m0/s1. The molecule has 1 aromatic rings. The van der Waals surface area contributed by atoms with Gasteiger partial charge in [0.25, 0.3) is 5.91 Å². The third-order valence-electron chi connectivity index (χ3n) is 6.01. The number of ketones is 1. The van der Waals surface area contributed by atoms with Gasteiger partial charge in [-0.2, -0.15) is 0 Å². The molecule has 26 heavy (non-hydrogen) atoms. The molecule has 138 valence electrons. The number of Topliss-reactive ketones (excluding diaryl/α,β-unsaturated/α-hetero) is 1. The summed E-state index contributed by atoms with van der Waals surface area (Å²) in [6.07, 6.45) is 3.38. The molecule has 0 bridgehead atoms. The van der Waals surface area contributed by atoms with E-state index in [9.17, 15) is 9.59 Å². The van der Waals surface area contributed by atoms with Gasteiger partial charge in [-0.1, -0.05) is 19.1 Å². The zero-order chi connectivity index (χ0) is 18.8. The lowest BCUT2D eigenvalue weighted by Gasteiger charge is -2.19. The van der Waals surface area contributed by atoms with Crippen LogP contribution in [0.3, 0.4) is 0 Å². The third kappa shape index (κ3) is 3.59. The molecule has 0 aliphatic heterocycles. The summed E-state index contributed by atoms with van der Waals surface area (Å²) >= 11 is 0. The van der Waals surface area contributed by atoms with Crippen LogP contribution < -0.4 is 10.1 Å². The summed E-state index contributed by atoms with van der Waals surface area (Å²) in [5, 5.41) is 2.92. The van der Waals surface area contributed by atoms with E-state index in [4.69, 9.17) is 4.74 Å². The van der Waals surface area contributed by atoms with Crippen molar-refractivity contribution in [2.24, 2.45) is 17.8 Å². The fraction of sp³-hybridized carbons (Fsp3) is 0.455. The quantitative estimate of drug-likeness (QED) is 0.809. The molecule has 2 unspecified atom stereocenters. The minimum Gasteiger partial charge on any atom is -0.497 e. The minimum atomic E-state index is -0.145. The molecular weight excluding hydrogens is 326 g/mol. The van der Waals surface area contributed by atoms with Crippen molar-refractivity contribution in [2.75, 3.05) is 12.4 Å². The topological polar surface area (TPSA) is 55.4 Å². The summed E-state index contributed by atoms with van der Waals surface area (Å²) in [7, 11) is 1.61. The average molecular weight is 353 g/mol. The van der Waals surface area contributed by atoms with Crippen LogP contribution in [-0.4, -0.2) is 18.8 Å². The first-order valence-corrected chi connectivity index (χ1v) is 9.27. The van der Waals surface area contributed by atoms with Crippen LogP contribution in [0.25, 0.3) is 0 Å². The first kappa shape index (κ1) is 18.4. The van der Waals surface area contributed by atoms with Crippen LogP contribution in [0.2, 0.25) is 0 Å². The molecule has 1 saturated carbocycles. The van der Waals surface area contributed by atoms with Gasteiger partial charge in [0.2, 0.25) is 0 Å². The van der Waals surface area contributed by atoms with Crippen molar-refractivity contribution in [1.82, 2.24) is 0 Å². The van der Waals surface area contributed by atoms with Crippen molar-refractivity contribution in [2.45, 2.75) is 39.5 Å². The number of amides is 1. The number of anilines is 1. The van der Waals surface area contributed by atoms with Crippen LogP contribution in [0.15, 0.2) is 47.6 Å². The molecule has 1 aromatic carbocycles. The van der Waals surface area contributed by atoms with E-state index in [2.05, 4.69) is 18.8 Å². The third-order valence-corrected chi connectivity index (χ3v) is 6.01. The summed E-state index contributed by atoms with van der Waals surface area (Å²) in [6, 6.07) is 7.26. The highest BCUT2D eigenvalue weighted by Gasteiger charge is 2.37. The minimum absolute atomic E-state index is 0.0940. The maximum Gasteiger partial charge on any atom is 0.251 e. The first-order chi connectivity index (χ1) is 12.4. The van der Waals surface area contributed by atoms with Crippen molar-refractivity contribution < 1.29 is 14.3 Å². The van der Waals surface area contributed by atoms with Gasteiger partial charge in [0.1, 0.15) is 5.75 Å². The van der Waals surface area contributed by atoms with Gasteiger partial charge < -0.3 is 10.1 Å². The summed E-state index contributed by atoms with van der Waals surface area (Å²) in [6.45, 7) is 8.25. The van der Waals surface area contributed by atoms with Gasteiger partial charge in [0.05, 0.1) is 7.11 Å². The number of carbonyl (C=O) groups excluding carboxylic acids is 2. The highest BCUT2D eigenvalue weighted by Crippen LogP contribution is 2.45. The molecular formula is C22H27NO3. The molecule has 0 saturated heterocycles. The van der Waals surface area contributed by atoms with E-state index in [1.54, 1.807) is 7.11 Å². The number of hydrogen-bond donors (Lipinski definition) is 1. The normalized spacial score (nSPS) is 25.5. The number of rotatable bonds is 4. The zero-order valence-corrected chi connectivity index (χ0v) is 15.8. The van der Waals surface area contributed by atoms with E-state index >= 15 is 0 Å². The Morgan fingerprint density at radius 1 is 1.19 bits per heavy atom. The van der Waals surface area contributed by atoms with Gasteiger partial charge in [-0.05, 0) is 73.8 Å². The number of benzene rings is 1. The van der Waals surface area contributed by atoms with Gasteiger partial charge in [-0.15, -0.1) is 0 Å². The Morgan fingerprint density at radius 2 is 1.88 bits per heavy atom. The molecule has 3 atom stereocenters. The van der Waals surface area contributed by atoms with Crippen molar-refractivity contribution >= 4 is 17.4 Å². The Balaban J connectivity index is 1.72. The maximum absolute atomic E-state index is 12.7. The number of allylic oxidation sites excluding steroid dienone is 2. The first-order valence-electron chi connectivity index (χ1n) is 9.27. The molecule has 0 aromatic heterocycles. The molecule has 0 radical (unpaired) electrons. The zero-order valence-electron chi connectivity index (χ0n) is 15.8. The predicted molar refractivity (Wildman–Crippen MR) is 103 cm³/mol. The largest absolute Gasteiger partial charge is 0.497 e. The van der Waals surface area contributed by atoms with Gasteiger partial charge in [0.15, 0.2) is 5.78 Å². The smallest absolute Gasteiger partial charge is 0.251 e. The molecule has 1 N–H and O–H groups in total. The van der Waals surface area contributed by atoms with E-state index in [1.807, 2.05) is 31.2 Å². The summed E-state index contributed by atoms with van der Waals surface area (Å²) in [5.41, 5.74) is 3.50. The molecule has 3 rings (SSSR count). The van der Waals surface area contributed by atoms with E-state index in [0.29, 0.717) is 23.8 Å². The predicted octanol–water partition coefficient (Wildman–Crippen LogP) is 4.53. The monoisotopic (exact) mass is 353 g/mol. The molecule has 4 heteroatoms. The summed E-state index contributed by atoms with van der Waals surface area (Å²) < 4.78 is 5.14. The molecule has 0 spiro atoms. The average Bonchev–Trinajstić information content (AvgIpc) is 2.82. The van der Waals surface area contributed by atoms with E-state index in [-0.39, 0.29) is 17.6 Å². The SMILES string of the molecule is C=C(C(=O)Nc1ccc(OC)cc1)[C@H]1CCC(C)C2CC(=O)C(C)=C2C1. The van der Waals surface area contributed by atoms with Gasteiger partial charge in [-0.3, -0.25) is 9.59 Å². The van der Waals surface area contributed by atoms with E-state index in [0.717, 1.165) is 36.3 Å². The fourth-order valence-corrected chi connectivity index (χ4v) is 4.18. The Labute approximate surface area is 155 Å². The highest BCUT2D eigenvalue weighted by molar-refractivity contribution is 6.04. The van der Waals surface area contributed by atoms with E-state index < -0.39 is 0 Å². The number of hydrogen-bond acceptors (Lipinski definition) is 3. The summed E-state index contributed by atoms with van der Waals surface area (Å²) in [5.74, 6) is 1.80. The molecule has 4 nitrogen and oxygen atoms in total. The van der Waals surface area contributed by atoms with Crippen LogP contribution in [0.1, 0.15) is 39.5 Å². The van der Waals surface area contributed by atoms with Gasteiger partial charge in [-0.25, -0.2) is 0 Å². The van der Waals surface area contributed by atoms with Crippen molar-refractivity contribution in [3.63, 3.8) is 0 Å². The molecule has 2 aliphatic rings. The Bertz CT molecular complexity index is 760. The second-order valence-corrected chi connectivity index (χ2v) is 7.55. The van der Waals surface area contributed by atoms with Crippen LogP contribution in [-0.2, 0) is 9.59 Å². The van der Waals surface area contributed by atoms with Crippen LogP contribution in [0.4, 0.5) is 5.69 Å². The van der Waals surface area contributed by atoms with Gasteiger partial charge in [0, 0.05) is 17.7 Å². The maximum atomic E-state index is 12.7. The molecule has 2 aliphatic carbocycles. The summed E-state index contributed by atoms with van der Waals surface area (Å²) in [4.78, 5) is 24.8. The van der Waals surface area contributed by atoms with Crippen molar-refractivity contribution in [1.29, 1.82) is 0 Å². The number of fused-ring (bicyclic) bond motifs is 1. The number of carbonyl (C=O) groups is 2. The highest BCUT2D eigenvalue weighted by atomic mass is 16.5. The number of ether oxygens (including phenoxy) is 1. The molecule has 1 amide bonds. The number of methoxy groups -OCH3 is 1. The lowest BCUT2D eigenvalue weighted by atomic mass is 9.86. The van der Waals surface area contributed by atoms with Crippen molar-refractivity contribution in [3.8, 4) is 5.75 Å². The van der Waals surface area contributed by atoms with Crippen LogP contribution in [0, 0.1) is 17.8 Å². The second-order valence-electron chi connectivity index (χ2n) is 7.55. The number of nitrogens with one attached hydrogen (secondary N) is 1. The Hall–Kier alpha value is -2.36. The van der Waals surface area contributed by atoms with Crippen molar-refractivity contribution in [3.05, 3.63) is 47.6 Å². The Morgan fingerprint density at radius 3 is 2.54 bits per heavy atom. The van der Waals surface area contributed by atoms with Crippen LogP contribution >= 0.6 is 0 Å². The van der Waals surface area contributed by atoms with Crippen LogP contribution in [0.5, 0.6) is 5.75 Å². The lowest BCUT2D eigenvalue weighted by molar-refractivity contribution is -0.115. The molecule has 0 heterocycles. The van der Waals surface area contributed by atoms with E-state index in [1.165, 1.54) is 5.57 Å². The lowest BCUT2D eigenvalue weighted by Crippen LogP contribution is -2.20.